The highest BCUT2D eigenvalue weighted by Gasteiger charge is 2.75. The van der Waals surface area contributed by atoms with Crippen molar-refractivity contribution in [2.24, 2.45) is 40.2 Å². The van der Waals surface area contributed by atoms with Gasteiger partial charge in [0, 0.05) is 6.04 Å². The van der Waals surface area contributed by atoms with Crippen molar-refractivity contribution in [1.82, 2.24) is 0 Å². The molecule has 0 amide bonds. The molecule has 7 atom stereocenters. The Morgan fingerprint density at radius 2 is 2.00 bits per heavy atom. The zero-order valence-corrected chi connectivity index (χ0v) is 10.6. The van der Waals surface area contributed by atoms with Crippen LogP contribution in [-0.4, -0.2) is 6.04 Å². The average Bonchev–Trinajstić information content (AvgIpc) is 2.13. The lowest BCUT2D eigenvalue weighted by atomic mass is 9.25. The van der Waals surface area contributed by atoms with Crippen molar-refractivity contribution in [3.63, 3.8) is 0 Å². The quantitative estimate of drug-likeness (QED) is 0.702. The molecular weight excluding hydrogens is 182 g/mol. The van der Waals surface area contributed by atoms with Crippen molar-refractivity contribution in [2.45, 2.75) is 53.0 Å². The minimum atomic E-state index is 0.410. The first kappa shape index (κ1) is 10.1. The summed E-state index contributed by atoms with van der Waals surface area (Å²) in [5.41, 5.74) is 7.49. The standard InChI is InChI=1S/C14H25N/c1-8-5-11-9(2)13(4)7-14(6-8,10(3)15)12(11)13/h8-12H,5-7,15H2,1-4H3/t8?,9-,10?,11?,12?,13+,14?/m1/s1. The van der Waals surface area contributed by atoms with Crippen molar-refractivity contribution < 1.29 is 0 Å². The summed E-state index contributed by atoms with van der Waals surface area (Å²) in [6, 6.07) is 0.410. The van der Waals surface area contributed by atoms with Crippen LogP contribution in [-0.2, 0) is 0 Å². The topological polar surface area (TPSA) is 26.0 Å². The molecule has 0 aromatic rings. The minimum Gasteiger partial charge on any atom is -0.327 e. The van der Waals surface area contributed by atoms with Crippen LogP contribution >= 0.6 is 0 Å². The van der Waals surface area contributed by atoms with E-state index < -0.39 is 0 Å². The number of hydrogen-bond donors (Lipinski definition) is 1. The van der Waals surface area contributed by atoms with Gasteiger partial charge >= 0.3 is 0 Å². The molecular formula is C14H25N. The van der Waals surface area contributed by atoms with Gasteiger partial charge in [0.05, 0.1) is 0 Å². The molecule has 15 heavy (non-hydrogen) atoms. The monoisotopic (exact) mass is 207 g/mol. The molecule has 3 saturated carbocycles. The van der Waals surface area contributed by atoms with Gasteiger partial charge in [-0.3, -0.25) is 0 Å². The molecule has 86 valence electrons. The predicted octanol–water partition coefficient (Wildman–Crippen LogP) is 3.04. The van der Waals surface area contributed by atoms with Gasteiger partial charge in [-0.1, -0.05) is 20.8 Å². The highest BCUT2D eigenvalue weighted by Crippen LogP contribution is 2.80. The Morgan fingerprint density at radius 3 is 2.60 bits per heavy atom. The summed E-state index contributed by atoms with van der Waals surface area (Å²) in [6.07, 6.45) is 4.27. The Morgan fingerprint density at radius 1 is 1.33 bits per heavy atom. The summed E-state index contributed by atoms with van der Waals surface area (Å²) >= 11 is 0. The molecule has 3 aliphatic carbocycles. The van der Waals surface area contributed by atoms with Crippen molar-refractivity contribution in [3.05, 3.63) is 0 Å². The maximum absolute atomic E-state index is 6.29. The van der Waals surface area contributed by atoms with Crippen LogP contribution < -0.4 is 5.73 Å². The van der Waals surface area contributed by atoms with Crippen LogP contribution in [0.5, 0.6) is 0 Å². The van der Waals surface area contributed by atoms with Crippen molar-refractivity contribution in [2.75, 3.05) is 0 Å². The van der Waals surface area contributed by atoms with Crippen molar-refractivity contribution >= 4 is 0 Å². The van der Waals surface area contributed by atoms with Gasteiger partial charge in [-0.15, -0.1) is 0 Å². The number of hydrogen-bond acceptors (Lipinski definition) is 1. The van der Waals surface area contributed by atoms with Crippen LogP contribution in [0.25, 0.3) is 0 Å². The smallest absolute Gasteiger partial charge is 0.00703 e. The van der Waals surface area contributed by atoms with Crippen LogP contribution in [0.3, 0.4) is 0 Å². The third-order valence-electron chi connectivity index (χ3n) is 6.46. The summed E-state index contributed by atoms with van der Waals surface area (Å²) in [4.78, 5) is 0. The highest BCUT2D eigenvalue weighted by molar-refractivity contribution is 5.24. The van der Waals surface area contributed by atoms with E-state index in [0.29, 0.717) is 16.9 Å². The Hall–Kier alpha value is -0.0400. The van der Waals surface area contributed by atoms with Gasteiger partial charge in [-0.2, -0.15) is 0 Å². The maximum atomic E-state index is 6.29. The Kier molecular flexibility index (Phi) is 1.77. The first-order chi connectivity index (χ1) is 6.92. The Balaban J connectivity index is 1.94. The van der Waals surface area contributed by atoms with E-state index >= 15 is 0 Å². The van der Waals surface area contributed by atoms with Gasteiger partial charge in [-0.25, -0.2) is 0 Å². The van der Waals surface area contributed by atoms with Gasteiger partial charge in [0.2, 0.25) is 0 Å². The molecule has 3 aliphatic rings. The lowest BCUT2D eigenvalue weighted by molar-refractivity contribution is -0.312. The fourth-order valence-electron chi connectivity index (χ4n) is 5.84. The van der Waals surface area contributed by atoms with Crippen LogP contribution in [0.1, 0.15) is 47.0 Å². The molecule has 3 fully saturated rings. The van der Waals surface area contributed by atoms with Crippen LogP contribution in [0, 0.1) is 34.5 Å². The molecule has 0 radical (unpaired) electrons. The third-order valence-corrected chi connectivity index (χ3v) is 6.46. The average molecular weight is 207 g/mol. The summed E-state index contributed by atoms with van der Waals surface area (Å²) in [7, 11) is 0. The van der Waals surface area contributed by atoms with Crippen molar-refractivity contribution in [1.29, 1.82) is 0 Å². The summed E-state index contributed by atoms with van der Waals surface area (Å²) < 4.78 is 0. The molecule has 2 N–H and O–H groups in total. The minimum absolute atomic E-state index is 0.410. The zero-order chi connectivity index (χ0) is 11.0. The molecule has 0 bridgehead atoms. The molecule has 1 nitrogen and oxygen atoms in total. The van der Waals surface area contributed by atoms with E-state index in [1.54, 1.807) is 0 Å². The lowest BCUT2D eigenvalue weighted by Crippen LogP contribution is -2.76. The van der Waals surface area contributed by atoms with E-state index in [-0.39, 0.29) is 0 Å². The van der Waals surface area contributed by atoms with E-state index in [1.807, 2.05) is 0 Å². The molecule has 1 heteroatoms. The second kappa shape index (κ2) is 2.61. The van der Waals surface area contributed by atoms with Gasteiger partial charge in [0.1, 0.15) is 0 Å². The van der Waals surface area contributed by atoms with E-state index in [0.717, 1.165) is 23.7 Å². The predicted molar refractivity (Wildman–Crippen MR) is 63.3 cm³/mol. The number of rotatable bonds is 1. The zero-order valence-electron chi connectivity index (χ0n) is 10.6. The molecule has 0 heterocycles. The second-order valence-electron chi connectivity index (χ2n) is 7.18. The third kappa shape index (κ3) is 0.906. The van der Waals surface area contributed by atoms with Crippen LogP contribution in [0.4, 0.5) is 0 Å². The molecule has 0 aliphatic heterocycles. The maximum Gasteiger partial charge on any atom is 0.00703 e. The van der Waals surface area contributed by atoms with Gasteiger partial charge in [0.25, 0.3) is 0 Å². The second-order valence-corrected chi connectivity index (χ2v) is 7.18. The molecule has 0 spiro atoms. The van der Waals surface area contributed by atoms with E-state index in [4.69, 9.17) is 5.73 Å². The highest BCUT2D eigenvalue weighted by atomic mass is 14.8. The molecule has 5 unspecified atom stereocenters. The fraction of sp³-hybridized carbons (Fsp3) is 1.00. The van der Waals surface area contributed by atoms with Gasteiger partial charge in [-0.05, 0) is 60.7 Å². The SMILES string of the molecule is CC1CC2C3C(C(C)N)(C1)C[C@@]3(C)[C@@H]2C. The fourth-order valence-corrected chi connectivity index (χ4v) is 5.84. The van der Waals surface area contributed by atoms with E-state index in [2.05, 4.69) is 27.7 Å². The van der Waals surface area contributed by atoms with Crippen LogP contribution in [0.2, 0.25) is 0 Å². The first-order valence-electron chi connectivity index (χ1n) is 6.67. The summed E-state index contributed by atoms with van der Waals surface area (Å²) in [6.45, 7) is 9.67. The Bertz CT molecular complexity index is 298. The Labute approximate surface area is 93.8 Å². The summed E-state index contributed by atoms with van der Waals surface area (Å²) in [5, 5.41) is 0. The lowest BCUT2D eigenvalue weighted by Gasteiger charge is -2.80. The molecule has 0 saturated heterocycles. The van der Waals surface area contributed by atoms with Crippen molar-refractivity contribution in [3.8, 4) is 0 Å². The molecule has 3 rings (SSSR count). The summed E-state index contributed by atoms with van der Waals surface area (Å²) in [5.74, 6) is 3.83. The van der Waals surface area contributed by atoms with E-state index in [9.17, 15) is 0 Å². The van der Waals surface area contributed by atoms with Gasteiger partial charge in [0.15, 0.2) is 0 Å². The first-order valence-corrected chi connectivity index (χ1v) is 6.67. The van der Waals surface area contributed by atoms with Gasteiger partial charge < -0.3 is 5.73 Å². The normalized spacial score (nSPS) is 63.8. The van der Waals surface area contributed by atoms with Crippen LogP contribution in [0.15, 0.2) is 0 Å². The largest absolute Gasteiger partial charge is 0.327 e. The van der Waals surface area contributed by atoms with E-state index in [1.165, 1.54) is 19.3 Å². The molecule has 0 aromatic heterocycles. The number of nitrogens with two attached hydrogens (primary N) is 1. The molecule has 0 aromatic carbocycles.